The fourth-order valence-corrected chi connectivity index (χ4v) is 2.85. The third-order valence-electron chi connectivity index (χ3n) is 4.25. The molecule has 4 amide bonds. The van der Waals surface area contributed by atoms with Crippen LogP contribution < -0.4 is 5.32 Å². The molecule has 1 fully saturated rings. The first-order valence-electron chi connectivity index (χ1n) is 8.56. The number of urea groups is 1. The van der Waals surface area contributed by atoms with Gasteiger partial charge in [-0.3, -0.25) is 14.9 Å². The van der Waals surface area contributed by atoms with E-state index in [9.17, 15) is 14.4 Å². The van der Waals surface area contributed by atoms with Crippen molar-refractivity contribution >= 4 is 17.8 Å². The summed E-state index contributed by atoms with van der Waals surface area (Å²) >= 11 is 0. The van der Waals surface area contributed by atoms with Crippen LogP contribution in [0.1, 0.15) is 17.5 Å². The predicted octanol–water partition coefficient (Wildman–Crippen LogP) is 2.16. The van der Waals surface area contributed by atoms with Crippen LogP contribution >= 0.6 is 0 Å². The third-order valence-corrected chi connectivity index (χ3v) is 4.25. The summed E-state index contributed by atoms with van der Waals surface area (Å²) in [4.78, 5) is 39.1. The van der Waals surface area contributed by atoms with E-state index >= 15 is 0 Å². The van der Waals surface area contributed by atoms with Crippen LogP contribution in [0.3, 0.4) is 0 Å². The first-order valence-corrected chi connectivity index (χ1v) is 8.56. The van der Waals surface area contributed by atoms with Crippen molar-refractivity contribution < 1.29 is 14.4 Å². The van der Waals surface area contributed by atoms with Crippen LogP contribution in [0.25, 0.3) is 0 Å². The number of carbonyl (C=O) groups is 3. The number of nitrogens with zero attached hydrogens (tertiary/aromatic N) is 2. The Hall–Kier alpha value is -3.15. The summed E-state index contributed by atoms with van der Waals surface area (Å²) < 4.78 is 0. The van der Waals surface area contributed by atoms with Crippen molar-refractivity contribution in [3.05, 3.63) is 71.8 Å². The molecule has 1 aliphatic heterocycles. The Balaban J connectivity index is 1.72. The SMILES string of the molecule is O=C1CCN(CC(=O)N(Cc2ccccc2)Cc2ccccc2)C(=O)N1. The second-order valence-corrected chi connectivity index (χ2v) is 6.25. The highest BCUT2D eigenvalue weighted by molar-refractivity contribution is 5.98. The molecular weight excluding hydrogens is 330 g/mol. The van der Waals surface area contributed by atoms with Crippen molar-refractivity contribution in [2.75, 3.05) is 13.1 Å². The van der Waals surface area contributed by atoms with Crippen LogP contribution in [0.2, 0.25) is 0 Å². The first-order chi connectivity index (χ1) is 12.6. The minimum absolute atomic E-state index is 0.0429. The van der Waals surface area contributed by atoms with Gasteiger partial charge >= 0.3 is 6.03 Å². The van der Waals surface area contributed by atoms with Gasteiger partial charge in [0, 0.05) is 26.1 Å². The fourth-order valence-electron chi connectivity index (χ4n) is 2.85. The van der Waals surface area contributed by atoms with Gasteiger partial charge in [-0.15, -0.1) is 0 Å². The van der Waals surface area contributed by atoms with Crippen molar-refractivity contribution in [2.45, 2.75) is 19.5 Å². The lowest BCUT2D eigenvalue weighted by molar-refractivity contribution is -0.134. The zero-order valence-corrected chi connectivity index (χ0v) is 14.4. The predicted molar refractivity (Wildman–Crippen MR) is 96.9 cm³/mol. The number of rotatable bonds is 6. The average molecular weight is 351 g/mol. The maximum absolute atomic E-state index is 12.9. The van der Waals surface area contributed by atoms with E-state index in [4.69, 9.17) is 0 Å². The van der Waals surface area contributed by atoms with Crippen molar-refractivity contribution in [3.8, 4) is 0 Å². The Morgan fingerprint density at radius 2 is 1.46 bits per heavy atom. The Morgan fingerprint density at radius 1 is 0.923 bits per heavy atom. The fraction of sp³-hybridized carbons (Fsp3) is 0.250. The van der Waals surface area contributed by atoms with Crippen LogP contribution in [0, 0.1) is 0 Å². The molecule has 3 rings (SSSR count). The highest BCUT2D eigenvalue weighted by atomic mass is 16.2. The minimum atomic E-state index is -0.506. The van der Waals surface area contributed by atoms with Crippen LogP contribution in [0.4, 0.5) is 4.79 Å². The van der Waals surface area contributed by atoms with Gasteiger partial charge in [0.25, 0.3) is 0 Å². The zero-order chi connectivity index (χ0) is 18.4. The monoisotopic (exact) mass is 351 g/mol. The van der Waals surface area contributed by atoms with Gasteiger partial charge in [0.15, 0.2) is 0 Å². The number of hydrogen-bond acceptors (Lipinski definition) is 3. The van der Waals surface area contributed by atoms with Crippen LogP contribution in [0.5, 0.6) is 0 Å². The maximum Gasteiger partial charge on any atom is 0.324 e. The number of hydrogen-bond donors (Lipinski definition) is 1. The van der Waals surface area contributed by atoms with Gasteiger partial charge in [-0.25, -0.2) is 4.79 Å². The molecule has 1 saturated heterocycles. The van der Waals surface area contributed by atoms with Gasteiger partial charge in [-0.2, -0.15) is 0 Å². The molecule has 134 valence electrons. The molecule has 6 heteroatoms. The van der Waals surface area contributed by atoms with Crippen LogP contribution in [0.15, 0.2) is 60.7 Å². The molecule has 1 aliphatic rings. The number of benzene rings is 2. The molecule has 0 unspecified atom stereocenters. The quantitative estimate of drug-likeness (QED) is 0.867. The Labute approximate surface area is 152 Å². The molecule has 2 aromatic carbocycles. The number of imide groups is 1. The van der Waals surface area contributed by atoms with Gasteiger partial charge in [0.05, 0.1) is 0 Å². The molecule has 0 atom stereocenters. The van der Waals surface area contributed by atoms with Crippen molar-refractivity contribution in [3.63, 3.8) is 0 Å². The topological polar surface area (TPSA) is 69.7 Å². The van der Waals surface area contributed by atoms with Crippen molar-refractivity contribution in [1.29, 1.82) is 0 Å². The molecule has 6 nitrogen and oxygen atoms in total. The average Bonchev–Trinajstić information content (AvgIpc) is 2.65. The van der Waals surface area contributed by atoms with Crippen LogP contribution in [-0.2, 0) is 22.7 Å². The van der Waals surface area contributed by atoms with Crippen LogP contribution in [-0.4, -0.2) is 40.7 Å². The summed E-state index contributed by atoms with van der Waals surface area (Å²) in [5.41, 5.74) is 2.05. The van der Waals surface area contributed by atoms with E-state index in [1.54, 1.807) is 4.90 Å². The molecule has 0 radical (unpaired) electrons. The normalized spacial score (nSPS) is 14.1. The minimum Gasteiger partial charge on any atom is -0.333 e. The van der Waals surface area contributed by atoms with E-state index < -0.39 is 6.03 Å². The van der Waals surface area contributed by atoms with Gasteiger partial charge in [0.2, 0.25) is 11.8 Å². The largest absolute Gasteiger partial charge is 0.333 e. The van der Waals surface area contributed by atoms with Gasteiger partial charge in [0.1, 0.15) is 6.54 Å². The highest BCUT2D eigenvalue weighted by Gasteiger charge is 2.26. The van der Waals surface area contributed by atoms with Crippen molar-refractivity contribution in [2.24, 2.45) is 0 Å². The third kappa shape index (κ3) is 4.69. The summed E-state index contributed by atoms with van der Waals surface area (Å²) in [5, 5.41) is 2.25. The summed E-state index contributed by atoms with van der Waals surface area (Å²) in [6.45, 7) is 1.14. The number of carbonyl (C=O) groups excluding carboxylic acids is 3. The summed E-state index contributed by atoms with van der Waals surface area (Å²) in [7, 11) is 0. The molecule has 26 heavy (non-hydrogen) atoms. The lowest BCUT2D eigenvalue weighted by atomic mass is 10.1. The van der Waals surface area contributed by atoms with Crippen molar-refractivity contribution in [1.82, 2.24) is 15.1 Å². The van der Waals surface area contributed by atoms with Gasteiger partial charge in [-0.1, -0.05) is 60.7 Å². The van der Waals surface area contributed by atoms with E-state index in [1.165, 1.54) is 4.90 Å². The smallest absolute Gasteiger partial charge is 0.324 e. The molecule has 1 heterocycles. The molecule has 0 aromatic heterocycles. The lowest BCUT2D eigenvalue weighted by Crippen LogP contribution is -2.52. The van der Waals surface area contributed by atoms with Gasteiger partial charge < -0.3 is 9.80 Å². The standard InChI is InChI=1S/C20H21N3O3/c24-18-11-12-22(20(26)21-18)15-19(25)23(13-16-7-3-1-4-8-16)14-17-9-5-2-6-10-17/h1-10H,11-15H2,(H,21,24,26). The zero-order valence-electron chi connectivity index (χ0n) is 14.4. The summed E-state index contributed by atoms with van der Waals surface area (Å²) in [6, 6.07) is 19.0. The van der Waals surface area contributed by atoms with E-state index in [0.29, 0.717) is 13.1 Å². The Morgan fingerprint density at radius 3 is 1.96 bits per heavy atom. The molecule has 0 aliphatic carbocycles. The molecule has 0 bridgehead atoms. The number of amides is 4. The van der Waals surface area contributed by atoms with E-state index in [1.807, 2.05) is 60.7 Å². The van der Waals surface area contributed by atoms with E-state index in [-0.39, 0.29) is 31.3 Å². The van der Waals surface area contributed by atoms with E-state index in [0.717, 1.165) is 11.1 Å². The Kier molecular flexibility index (Phi) is 5.63. The second-order valence-electron chi connectivity index (χ2n) is 6.25. The summed E-state index contributed by atoms with van der Waals surface area (Å²) in [6.07, 6.45) is 0.219. The number of nitrogens with one attached hydrogen (secondary N) is 1. The molecule has 0 saturated carbocycles. The lowest BCUT2D eigenvalue weighted by Gasteiger charge is -2.29. The maximum atomic E-state index is 12.9. The first kappa shape index (κ1) is 17.7. The molecule has 2 aromatic rings. The molecule has 1 N–H and O–H groups in total. The highest BCUT2D eigenvalue weighted by Crippen LogP contribution is 2.12. The molecule has 0 spiro atoms. The summed E-state index contributed by atoms with van der Waals surface area (Å²) in [5.74, 6) is -0.452. The second kappa shape index (κ2) is 8.29. The Bertz CT molecular complexity index is 736. The molecular formula is C20H21N3O3. The van der Waals surface area contributed by atoms with E-state index in [2.05, 4.69) is 5.32 Å². The van der Waals surface area contributed by atoms with Gasteiger partial charge in [-0.05, 0) is 11.1 Å².